The van der Waals surface area contributed by atoms with Crippen molar-refractivity contribution in [3.05, 3.63) is 40.7 Å². The zero-order valence-electron chi connectivity index (χ0n) is 12.5. The van der Waals surface area contributed by atoms with Crippen molar-refractivity contribution in [2.24, 2.45) is 0 Å². The van der Waals surface area contributed by atoms with Gasteiger partial charge in [-0.15, -0.1) is 0 Å². The maximum absolute atomic E-state index is 5.48. The summed E-state index contributed by atoms with van der Waals surface area (Å²) in [5.74, 6) is 3.84. The number of nitrogens with zero attached hydrogens (tertiary/aromatic N) is 1. The van der Waals surface area contributed by atoms with Gasteiger partial charge in [0, 0.05) is 0 Å². The molecule has 1 aromatic carbocycles. The van der Waals surface area contributed by atoms with Gasteiger partial charge in [0.2, 0.25) is 0 Å². The second kappa shape index (κ2) is 7.80. The van der Waals surface area contributed by atoms with E-state index in [1.54, 1.807) is 14.0 Å². The number of benzene rings is 1. The van der Waals surface area contributed by atoms with Gasteiger partial charge in [-0.05, 0) is 0 Å². The first-order valence-electron chi connectivity index (χ1n) is 6.73. The summed E-state index contributed by atoms with van der Waals surface area (Å²) in [6, 6.07) is 9.97. The molecular weight excluding hydrogens is 290 g/mol. The SMILES string of the molecule is [B]=CC.[B]=Cc1nc(-c2cc(OC)c3ccccc3[nH+]2)cs1. The number of ether oxygens (including phenoxy) is 1. The maximum atomic E-state index is 5.48. The molecule has 0 saturated carbocycles. The molecule has 0 aliphatic heterocycles. The molecule has 3 aromatic rings. The van der Waals surface area contributed by atoms with Crippen LogP contribution >= 0.6 is 11.3 Å². The van der Waals surface area contributed by atoms with Gasteiger partial charge in [-0.3, -0.25) is 0 Å². The van der Waals surface area contributed by atoms with Crippen LogP contribution in [-0.4, -0.2) is 39.0 Å². The molecule has 2 heterocycles. The normalized spacial score (nSPS) is 9.64. The Hall–Kier alpha value is -2.07. The molecule has 3 nitrogen and oxygen atoms in total. The number of aromatic amines is 1. The summed E-state index contributed by atoms with van der Waals surface area (Å²) in [6.07, 6.45) is 0. The van der Waals surface area contributed by atoms with Crippen LogP contribution in [0.1, 0.15) is 11.9 Å². The number of fused-ring (bicyclic) bond motifs is 1. The van der Waals surface area contributed by atoms with Crippen molar-refractivity contribution in [2.45, 2.75) is 6.92 Å². The molecule has 0 aliphatic carbocycles. The third kappa shape index (κ3) is 3.57. The molecule has 0 amide bonds. The van der Waals surface area contributed by atoms with Gasteiger partial charge in [0.15, 0.2) is 0 Å². The number of pyridine rings is 1. The van der Waals surface area contributed by atoms with Crippen LogP contribution in [0.3, 0.4) is 0 Å². The van der Waals surface area contributed by atoms with Gasteiger partial charge < -0.3 is 0 Å². The van der Waals surface area contributed by atoms with Crippen LogP contribution in [0, 0.1) is 0 Å². The number of hydrogen-bond acceptors (Lipinski definition) is 3. The molecule has 0 saturated heterocycles. The zero-order valence-corrected chi connectivity index (χ0v) is 13.4. The van der Waals surface area contributed by atoms with E-state index in [1.165, 1.54) is 23.3 Å². The topological polar surface area (TPSA) is 36.3 Å². The van der Waals surface area contributed by atoms with E-state index in [2.05, 4.69) is 9.97 Å². The average Bonchev–Trinajstić information content (AvgIpc) is 3.03. The van der Waals surface area contributed by atoms with Crippen molar-refractivity contribution < 1.29 is 9.72 Å². The van der Waals surface area contributed by atoms with E-state index in [0.29, 0.717) is 0 Å². The van der Waals surface area contributed by atoms with Gasteiger partial charge in [-0.1, -0.05) is 0 Å². The fraction of sp³-hybridized carbons (Fsp3) is 0.125. The summed E-state index contributed by atoms with van der Waals surface area (Å²) < 4.78 is 5.45. The Balaban J connectivity index is 0.000000545. The van der Waals surface area contributed by atoms with Gasteiger partial charge in [0.05, 0.1) is 0 Å². The molecule has 0 fully saturated rings. The molecule has 2 radical (unpaired) electrons. The predicted octanol–water partition coefficient (Wildman–Crippen LogP) is 2.08. The summed E-state index contributed by atoms with van der Waals surface area (Å²) >= 11 is 1.51. The van der Waals surface area contributed by atoms with Crippen LogP contribution in [0.15, 0.2) is 35.7 Å². The van der Waals surface area contributed by atoms with Gasteiger partial charge >= 0.3 is 136 Å². The van der Waals surface area contributed by atoms with Crippen LogP contribution in [-0.2, 0) is 0 Å². The number of para-hydroxylation sites is 1. The van der Waals surface area contributed by atoms with Crippen molar-refractivity contribution in [2.75, 3.05) is 7.11 Å². The van der Waals surface area contributed by atoms with E-state index in [0.717, 1.165) is 33.0 Å². The predicted molar refractivity (Wildman–Crippen MR) is 96.6 cm³/mol. The van der Waals surface area contributed by atoms with Crippen molar-refractivity contribution in [1.29, 1.82) is 0 Å². The number of hydrogen-bond donors (Lipinski definition) is 0. The average molecular weight is 305 g/mol. The van der Waals surface area contributed by atoms with Crippen molar-refractivity contribution in [3.8, 4) is 17.1 Å². The Bertz CT molecular complexity index is 802. The van der Waals surface area contributed by atoms with E-state index >= 15 is 0 Å². The fourth-order valence-electron chi connectivity index (χ4n) is 1.99. The summed E-state index contributed by atoms with van der Waals surface area (Å²) in [4.78, 5) is 7.80. The summed E-state index contributed by atoms with van der Waals surface area (Å²) in [5.41, 5.74) is 2.80. The minimum atomic E-state index is 0.801. The third-order valence-corrected chi connectivity index (χ3v) is 3.71. The molecule has 0 aliphatic rings. The molecule has 106 valence electrons. The molecule has 2 aromatic heterocycles. The minimum absolute atomic E-state index is 0.801. The van der Waals surface area contributed by atoms with Crippen molar-refractivity contribution in [3.63, 3.8) is 0 Å². The van der Waals surface area contributed by atoms with Crippen molar-refractivity contribution in [1.82, 2.24) is 4.98 Å². The fourth-order valence-corrected chi connectivity index (χ4v) is 2.63. The first kappa shape index (κ1) is 16.3. The number of rotatable bonds is 3. The molecule has 22 heavy (non-hydrogen) atoms. The number of nitrogens with one attached hydrogen (secondary N) is 1. The second-order valence-electron chi connectivity index (χ2n) is 4.37. The van der Waals surface area contributed by atoms with Crippen LogP contribution in [0.25, 0.3) is 22.3 Å². The Morgan fingerprint density at radius 1 is 1.27 bits per heavy atom. The van der Waals surface area contributed by atoms with E-state index < -0.39 is 0 Å². The molecule has 0 atom stereocenters. The Labute approximate surface area is 136 Å². The quantitative estimate of drug-likeness (QED) is 0.695. The Kier molecular flexibility index (Phi) is 5.78. The number of H-pyrrole nitrogens is 1. The number of aromatic nitrogens is 2. The van der Waals surface area contributed by atoms with Crippen molar-refractivity contribution >= 4 is 49.1 Å². The number of methoxy groups -OCH3 is 1. The zero-order chi connectivity index (χ0) is 15.9. The first-order valence-corrected chi connectivity index (χ1v) is 7.61. The number of thiazole rings is 1. The molecule has 3 rings (SSSR count). The van der Waals surface area contributed by atoms with Gasteiger partial charge in [-0.25, -0.2) is 0 Å². The third-order valence-electron chi connectivity index (χ3n) is 2.90. The summed E-state index contributed by atoms with van der Waals surface area (Å²) in [7, 11) is 11.9. The second-order valence-corrected chi connectivity index (χ2v) is 5.26. The van der Waals surface area contributed by atoms with Gasteiger partial charge in [0.25, 0.3) is 0 Å². The molecule has 0 bridgehead atoms. The molecule has 6 heteroatoms. The first-order chi connectivity index (χ1) is 10.7. The molecule has 1 N–H and O–H groups in total. The van der Waals surface area contributed by atoms with Crippen LogP contribution < -0.4 is 9.72 Å². The monoisotopic (exact) mass is 305 g/mol. The molecule has 0 unspecified atom stereocenters. The van der Waals surface area contributed by atoms with E-state index in [9.17, 15) is 0 Å². The van der Waals surface area contributed by atoms with E-state index in [4.69, 9.17) is 19.7 Å². The van der Waals surface area contributed by atoms with Gasteiger partial charge in [-0.2, -0.15) is 0 Å². The van der Waals surface area contributed by atoms with Crippen LogP contribution in [0.2, 0.25) is 0 Å². The molecule has 0 spiro atoms. The Morgan fingerprint density at radius 3 is 2.64 bits per heavy atom. The Morgan fingerprint density at radius 2 is 2.00 bits per heavy atom. The van der Waals surface area contributed by atoms with Gasteiger partial charge in [0.1, 0.15) is 0 Å². The van der Waals surface area contributed by atoms with Crippen LogP contribution in [0.4, 0.5) is 0 Å². The standard InChI is InChI=1S/C14H10BN2OS.C2H4B/c1-18-13-6-11(12-8-19-14(7-15)17-12)16-10-5-3-2-4-9(10)13;1-2-3/h2-8H,1H3;2H,1H3/p+1. The van der Waals surface area contributed by atoms with E-state index in [1.807, 2.05) is 35.7 Å². The molecular formula is C16H15B2N2OS+. The van der Waals surface area contributed by atoms with Crippen LogP contribution in [0.5, 0.6) is 5.75 Å². The summed E-state index contributed by atoms with van der Waals surface area (Å²) in [6.45, 7) is 1.78. The van der Waals surface area contributed by atoms with E-state index in [-0.39, 0.29) is 0 Å². The summed E-state index contributed by atoms with van der Waals surface area (Å²) in [5, 5.41) is 3.82.